The lowest BCUT2D eigenvalue weighted by Crippen LogP contribution is -2.45. The summed E-state index contributed by atoms with van der Waals surface area (Å²) in [5.74, 6) is 0.840. The highest BCUT2D eigenvalue weighted by atomic mass is 32.2. The minimum Gasteiger partial charge on any atom is -0.496 e. The Labute approximate surface area is 108 Å². The first-order valence-corrected chi connectivity index (χ1v) is 7.94. The first-order chi connectivity index (χ1) is 8.47. The standard InChI is InChI=1S/C13H19NO3S/c1-17-12-7-4-3-6-11(12)13(8-5-9-13)10-14-18(2,15)16/h3-4,6-7,14H,5,8-10H2,1-2H3. The maximum absolute atomic E-state index is 11.3. The summed E-state index contributed by atoms with van der Waals surface area (Å²) in [7, 11) is -1.50. The molecule has 4 nitrogen and oxygen atoms in total. The van der Waals surface area contributed by atoms with Gasteiger partial charge in [-0.3, -0.25) is 0 Å². The molecule has 1 fully saturated rings. The highest BCUT2D eigenvalue weighted by Gasteiger charge is 2.40. The summed E-state index contributed by atoms with van der Waals surface area (Å²) in [6.07, 6.45) is 4.32. The van der Waals surface area contributed by atoms with Crippen LogP contribution in [0, 0.1) is 0 Å². The van der Waals surface area contributed by atoms with E-state index in [1.54, 1.807) is 7.11 Å². The fourth-order valence-corrected chi connectivity index (χ4v) is 3.04. The predicted octanol–water partition coefficient (Wildman–Crippen LogP) is 1.67. The average molecular weight is 269 g/mol. The maximum Gasteiger partial charge on any atom is 0.208 e. The van der Waals surface area contributed by atoms with Crippen molar-refractivity contribution < 1.29 is 13.2 Å². The van der Waals surface area contributed by atoms with Crippen LogP contribution in [0.3, 0.4) is 0 Å². The number of hydrogen-bond acceptors (Lipinski definition) is 3. The lowest BCUT2D eigenvalue weighted by Gasteiger charge is -2.43. The Kier molecular flexibility index (Phi) is 3.64. The molecule has 0 spiro atoms. The fourth-order valence-electron chi connectivity index (χ4n) is 2.50. The molecule has 0 saturated heterocycles. The molecule has 5 heteroatoms. The van der Waals surface area contributed by atoms with E-state index in [2.05, 4.69) is 4.72 Å². The van der Waals surface area contributed by atoms with Gasteiger partial charge in [-0.1, -0.05) is 24.6 Å². The number of hydrogen-bond donors (Lipinski definition) is 1. The van der Waals surface area contributed by atoms with E-state index in [-0.39, 0.29) is 5.41 Å². The highest BCUT2D eigenvalue weighted by molar-refractivity contribution is 7.88. The van der Waals surface area contributed by atoms with E-state index in [0.717, 1.165) is 30.6 Å². The number of rotatable bonds is 5. The summed E-state index contributed by atoms with van der Waals surface area (Å²) in [6.45, 7) is 0.451. The highest BCUT2D eigenvalue weighted by Crippen LogP contribution is 2.46. The van der Waals surface area contributed by atoms with Gasteiger partial charge in [0.2, 0.25) is 10.0 Å². The van der Waals surface area contributed by atoms with Crippen LogP contribution in [0.5, 0.6) is 5.75 Å². The minimum absolute atomic E-state index is 0.102. The van der Waals surface area contributed by atoms with E-state index >= 15 is 0 Å². The summed E-state index contributed by atoms with van der Waals surface area (Å²) in [6, 6.07) is 7.86. The number of nitrogens with one attached hydrogen (secondary N) is 1. The smallest absolute Gasteiger partial charge is 0.208 e. The van der Waals surface area contributed by atoms with Crippen LogP contribution in [0.2, 0.25) is 0 Å². The number of ether oxygens (including phenoxy) is 1. The molecule has 0 bridgehead atoms. The average Bonchev–Trinajstić information content (AvgIpc) is 2.27. The number of methoxy groups -OCH3 is 1. The molecule has 100 valence electrons. The van der Waals surface area contributed by atoms with Crippen molar-refractivity contribution in [3.63, 3.8) is 0 Å². The van der Waals surface area contributed by atoms with Gasteiger partial charge in [0.05, 0.1) is 13.4 Å². The second-order valence-electron chi connectivity index (χ2n) is 4.93. The number of benzene rings is 1. The van der Waals surface area contributed by atoms with E-state index in [1.807, 2.05) is 24.3 Å². The monoisotopic (exact) mass is 269 g/mol. The Bertz CT molecular complexity index is 521. The molecule has 1 N–H and O–H groups in total. The molecule has 2 rings (SSSR count). The molecule has 1 aliphatic rings. The van der Waals surface area contributed by atoms with Gasteiger partial charge in [-0.05, 0) is 18.9 Å². The third kappa shape index (κ3) is 2.67. The molecule has 0 unspecified atom stereocenters. The van der Waals surface area contributed by atoms with Crippen molar-refractivity contribution in [1.82, 2.24) is 4.72 Å². The molecule has 0 aromatic heterocycles. The zero-order valence-electron chi connectivity index (χ0n) is 10.8. The Balaban J connectivity index is 2.27. The van der Waals surface area contributed by atoms with Crippen LogP contribution in [0.1, 0.15) is 24.8 Å². The van der Waals surface area contributed by atoms with Gasteiger partial charge in [0.25, 0.3) is 0 Å². The molecule has 1 aliphatic carbocycles. The summed E-state index contributed by atoms with van der Waals surface area (Å²) >= 11 is 0. The summed E-state index contributed by atoms with van der Waals surface area (Å²) in [5.41, 5.74) is 1.00. The first-order valence-electron chi connectivity index (χ1n) is 6.05. The van der Waals surface area contributed by atoms with Crippen molar-refractivity contribution in [2.75, 3.05) is 19.9 Å². The quantitative estimate of drug-likeness (QED) is 0.884. The largest absolute Gasteiger partial charge is 0.496 e. The molecule has 0 heterocycles. The Morgan fingerprint density at radius 3 is 2.50 bits per heavy atom. The molecular formula is C13H19NO3S. The molecular weight excluding hydrogens is 250 g/mol. The van der Waals surface area contributed by atoms with Gasteiger partial charge >= 0.3 is 0 Å². The van der Waals surface area contributed by atoms with Gasteiger partial charge < -0.3 is 4.74 Å². The second-order valence-corrected chi connectivity index (χ2v) is 6.76. The second kappa shape index (κ2) is 4.90. The van der Waals surface area contributed by atoms with E-state index in [9.17, 15) is 8.42 Å². The Hall–Kier alpha value is -1.07. The Morgan fingerprint density at radius 1 is 1.33 bits per heavy atom. The third-order valence-electron chi connectivity index (χ3n) is 3.66. The molecule has 0 aliphatic heterocycles. The molecule has 0 radical (unpaired) electrons. The molecule has 1 saturated carbocycles. The van der Waals surface area contributed by atoms with E-state index in [1.165, 1.54) is 6.26 Å². The fraction of sp³-hybridized carbons (Fsp3) is 0.538. The first kappa shape index (κ1) is 13.4. The van der Waals surface area contributed by atoms with Gasteiger partial charge in [-0.2, -0.15) is 0 Å². The lowest BCUT2D eigenvalue weighted by molar-refractivity contribution is 0.236. The van der Waals surface area contributed by atoms with Crippen molar-refractivity contribution in [3.8, 4) is 5.75 Å². The Morgan fingerprint density at radius 2 is 2.00 bits per heavy atom. The van der Waals surface area contributed by atoms with Gasteiger partial charge in [0.15, 0.2) is 0 Å². The third-order valence-corrected chi connectivity index (χ3v) is 4.33. The normalized spacial score (nSPS) is 18.1. The topological polar surface area (TPSA) is 55.4 Å². The van der Waals surface area contributed by atoms with E-state index < -0.39 is 10.0 Å². The number of sulfonamides is 1. The molecule has 0 atom stereocenters. The zero-order valence-corrected chi connectivity index (χ0v) is 11.6. The van der Waals surface area contributed by atoms with E-state index in [0.29, 0.717) is 6.54 Å². The maximum atomic E-state index is 11.3. The summed E-state index contributed by atoms with van der Waals surface area (Å²) in [4.78, 5) is 0. The van der Waals surface area contributed by atoms with Crippen LogP contribution in [-0.2, 0) is 15.4 Å². The van der Waals surface area contributed by atoms with Crippen molar-refractivity contribution in [2.45, 2.75) is 24.7 Å². The van der Waals surface area contributed by atoms with Gasteiger partial charge in [-0.15, -0.1) is 0 Å². The van der Waals surface area contributed by atoms with Crippen LogP contribution >= 0.6 is 0 Å². The summed E-state index contributed by atoms with van der Waals surface area (Å²) < 4.78 is 30.5. The number of para-hydroxylation sites is 1. The van der Waals surface area contributed by atoms with Crippen LogP contribution in [0.15, 0.2) is 24.3 Å². The lowest BCUT2D eigenvalue weighted by atomic mass is 9.64. The molecule has 1 aromatic rings. The SMILES string of the molecule is COc1ccccc1C1(CNS(C)(=O)=O)CCC1. The minimum atomic E-state index is -3.15. The van der Waals surface area contributed by atoms with Gasteiger partial charge in [-0.25, -0.2) is 13.1 Å². The predicted molar refractivity (Wildman–Crippen MR) is 71.4 cm³/mol. The van der Waals surface area contributed by atoms with Crippen LogP contribution < -0.4 is 9.46 Å². The zero-order chi connectivity index (χ0) is 13.2. The molecule has 1 aromatic carbocycles. The summed E-state index contributed by atoms with van der Waals surface area (Å²) in [5, 5.41) is 0. The van der Waals surface area contributed by atoms with Crippen molar-refractivity contribution in [2.24, 2.45) is 0 Å². The van der Waals surface area contributed by atoms with E-state index in [4.69, 9.17) is 4.74 Å². The molecule has 18 heavy (non-hydrogen) atoms. The van der Waals surface area contributed by atoms with Crippen molar-refractivity contribution >= 4 is 10.0 Å². The van der Waals surface area contributed by atoms with Crippen LogP contribution in [0.25, 0.3) is 0 Å². The van der Waals surface area contributed by atoms with Crippen molar-refractivity contribution in [3.05, 3.63) is 29.8 Å². The van der Waals surface area contributed by atoms with Crippen LogP contribution in [-0.4, -0.2) is 28.3 Å². The molecule has 0 amide bonds. The van der Waals surface area contributed by atoms with Crippen molar-refractivity contribution in [1.29, 1.82) is 0 Å². The van der Waals surface area contributed by atoms with Gasteiger partial charge in [0.1, 0.15) is 5.75 Å². The van der Waals surface area contributed by atoms with Gasteiger partial charge in [0, 0.05) is 17.5 Å². The van der Waals surface area contributed by atoms with Crippen LogP contribution in [0.4, 0.5) is 0 Å².